The molecule has 0 aromatic heterocycles. The molecule has 2 aliphatic rings. The molecule has 2 atom stereocenters. The number of hydrogen-bond donors (Lipinski definition) is 1. The van der Waals surface area contributed by atoms with Gasteiger partial charge in [0, 0.05) is 37.3 Å². The third-order valence-corrected chi connectivity index (χ3v) is 4.71. The van der Waals surface area contributed by atoms with Gasteiger partial charge in [0.1, 0.15) is 0 Å². The van der Waals surface area contributed by atoms with Gasteiger partial charge in [-0.3, -0.25) is 9.59 Å². The van der Waals surface area contributed by atoms with E-state index in [1.165, 1.54) is 0 Å². The predicted octanol–water partition coefficient (Wildman–Crippen LogP) is 1.66. The fraction of sp³-hybridized carbons (Fsp3) is 0.529. The van der Waals surface area contributed by atoms with Crippen molar-refractivity contribution in [2.45, 2.75) is 32.3 Å². The first-order valence-electron chi connectivity index (χ1n) is 7.94. The van der Waals surface area contributed by atoms with Crippen LogP contribution in [0.15, 0.2) is 24.3 Å². The molecule has 1 aromatic rings. The van der Waals surface area contributed by atoms with Gasteiger partial charge in [0.2, 0.25) is 5.91 Å². The Labute approximate surface area is 130 Å². The molecule has 0 aliphatic carbocycles. The Balaban J connectivity index is 1.70. The van der Waals surface area contributed by atoms with Crippen molar-refractivity contribution in [3.05, 3.63) is 29.8 Å². The molecule has 118 valence electrons. The second-order valence-corrected chi connectivity index (χ2v) is 6.28. The zero-order chi connectivity index (χ0) is 15.7. The number of carbonyl (C=O) groups is 2. The largest absolute Gasteiger partial charge is 0.391 e. The number of likely N-dealkylation sites (tertiary alicyclic amines) is 1. The number of piperidine rings is 1. The fourth-order valence-electron chi connectivity index (χ4n) is 3.12. The van der Waals surface area contributed by atoms with E-state index < -0.39 is 6.10 Å². The molecule has 5 nitrogen and oxygen atoms in total. The molecule has 2 saturated heterocycles. The lowest BCUT2D eigenvalue weighted by atomic mass is 9.95. The van der Waals surface area contributed by atoms with E-state index in [1.807, 2.05) is 19.1 Å². The van der Waals surface area contributed by atoms with Gasteiger partial charge in [-0.1, -0.05) is 6.92 Å². The van der Waals surface area contributed by atoms with Gasteiger partial charge < -0.3 is 14.9 Å². The minimum absolute atomic E-state index is 0.0507. The number of hydrogen-bond acceptors (Lipinski definition) is 3. The van der Waals surface area contributed by atoms with Crippen LogP contribution in [-0.4, -0.2) is 47.6 Å². The normalized spacial score (nSPS) is 25.6. The Morgan fingerprint density at radius 1 is 1.23 bits per heavy atom. The first kappa shape index (κ1) is 15.0. The average molecular weight is 302 g/mol. The average Bonchev–Trinajstić information content (AvgIpc) is 2.95. The van der Waals surface area contributed by atoms with E-state index in [0.29, 0.717) is 25.1 Å². The Morgan fingerprint density at radius 2 is 1.95 bits per heavy atom. The number of aliphatic hydroxyl groups excluding tert-OH is 1. The van der Waals surface area contributed by atoms with Crippen LogP contribution >= 0.6 is 0 Å². The highest BCUT2D eigenvalue weighted by atomic mass is 16.3. The molecular formula is C17H22N2O3. The zero-order valence-corrected chi connectivity index (χ0v) is 12.9. The predicted molar refractivity (Wildman–Crippen MR) is 83.7 cm³/mol. The van der Waals surface area contributed by atoms with E-state index in [4.69, 9.17) is 0 Å². The summed E-state index contributed by atoms with van der Waals surface area (Å²) in [6, 6.07) is 7.21. The first-order chi connectivity index (χ1) is 10.6. The van der Waals surface area contributed by atoms with Gasteiger partial charge in [-0.2, -0.15) is 0 Å². The summed E-state index contributed by atoms with van der Waals surface area (Å²) in [7, 11) is 0. The minimum atomic E-state index is -0.445. The lowest BCUT2D eigenvalue weighted by Gasteiger charge is -2.34. The van der Waals surface area contributed by atoms with Gasteiger partial charge in [0.15, 0.2) is 0 Å². The van der Waals surface area contributed by atoms with Crippen molar-refractivity contribution < 1.29 is 14.7 Å². The van der Waals surface area contributed by atoms with Crippen LogP contribution in [0, 0.1) is 5.92 Å². The van der Waals surface area contributed by atoms with E-state index in [2.05, 4.69) is 0 Å². The molecule has 2 aliphatic heterocycles. The van der Waals surface area contributed by atoms with Crippen LogP contribution < -0.4 is 4.90 Å². The number of amides is 2. The number of rotatable bonds is 2. The number of benzene rings is 1. The molecule has 0 spiro atoms. The third kappa shape index (κ3) is 2.86. The van der Waals surface area contributed by atoms with Gasteiger partial charge in [0.05, 0.1) is 6.10 Å². The summed E-state index contributed by atoms with van der Waals surface area (Å²) in [5, 5.41) is 9.92. The number of anilines is 1. The highest BCUT2D eigenvalue weighted by molar-refractivity contribution is 5.97. The summed E-state index contributed by atoms with van der Waals surface area (Å²) >= 11 is 0. The maximum absolute atomic E-state index is 12.5. The lowest BCUT2D eigenvalue weighted by Crippen LogP contribution is -2.45. The molecule has 22 heavy (non-hydrogen) atoms. The molecule has 2 heterocycles. The molecule has 0 radical (unpaired) electrons. The third-order valence-electron chi connectivity index (χ3n) is 4.71. The SMILES string of the molecule is CC1CCN(C(=O)c2ccc(N3CCCC3=O)cc2)CC1O. The van der Waals surface area contributed by atoms with E-state index in [1.54, 1.807) is 21.9 Å². The van der Waals surface area contributed by atoms with Crippen LogP contribution in [0.3, 0.4) is 0 Å². The summed E-state index contributed by atoms with van der Waals surface area (Å²) in [6.07, 6.45) is 1.88. The van der Waals surface area contributed by atoms with Crippen molar-refractivity contribution in [1.29, 1.82) is 0 Å². The van der Waals surface area contributed by atoms with Gasteiger partial charge in [0.25, 0.3) is 5.91 Å². The molecular weight excluding hydrogens is 280 g/mol. The summed E-state index contributed by atoms with van der Waals surface area (Å²) in [5.74, 6) is 0.338. The quantitative estimate of drug-likeness (QED) is 0.904. The molecule has 2 fully saturated rings. The van der Waals surface area contributed by atoms with E-state index in [-0.39, 0.29) is 17.7 Å². The van der Waals surface area contributed by atoms with Gasteiger partial charge in [-0.25, -0.2) is 0 Å². The Kier molecular flexibility index (Phi) is 4.16. The van der Waals surface area contributed by atoms with Gasteiger partial charge in [-0.05, 0) is 43.0 Å². The van der Waals surface area contributed by atoms with Gasteiger partial charge >= 0.3 is 0 Å². The standard InChI is InChI=1S/C17H22N2O3/c1-12-8-10-18(11-15(12)20)17(22)13-4-6-14(7-5-13)19-9-2-3-16(19)21/h4-7,12,15,20H,2-3,8-11H2,1H3. The molecule has 1 aromatic carbocycles. The van der Waals surface area contributed by atoms with Crippen molar-refractivity contribution >= 4 is 17.5 Å². The van der Waals surface area contributed by atoms with Crippen molar-refractivity contribution in [3.63, 3.8) is 0 Å². The van der Waals surface area contributed by atoms with Crippen LogP contribution in [0.2, 0.25) is 0 Å². The second kappa shape index (κ2) is 6.08. The number of aliphatic hydroxyl groups is 1. The fourth-order valence-corrected chi connectivity index (χ4v) is 3.12. The topological polar surface area (TPSA) is 60.9 Å². The van der Waals surface area contributed by atoms with Crippen LogP contribution in [0.4, 0.5) is 5.69 Å². The molecule has 3 rings (SSSR count). The van der Waals surface area contributed by atoms with Crippen molar-refractivity contribution in [1.82, 2.24) is 4.90 Å². The minimum Gasteiger partial charge on any atom is -0.391 e. The van der Waals surface area contributed by atoms with Crippen molar-refractivity contribution in [3.8, 4) is 0 Å². The van der Waals surface area contributed by atoms with E-state index >= 15 is 0 Å². The number of nitrogens with zero attached hydrogens (tertiary/aromatic N) is 2. The zero-order valence-electron chi connectivity index (χ0n) is 12.9. The molecule has 2 amide bonds. The summed E-state index contributed by atoms with van der Waals surface area (Å²) in [4.78, 5) is 27.7. The van der Waals surface area contributed by atoms with Crippen LogP contribution in [0.1, 0.15) is 36.5 Å². The summed E-state index contributed by atoms with van der Waals surface area (Å²) in [5.41, 5.74) is 1.46. The van der Waals surface area contributed by atoms with Gasteiger partial charge in [-0.15, -0.1) is 0 Å². The number of β-amino-alcohol motifs (C(OH)–C–C–N with tert-alkyl or cyclic N) is 1. The van der Waals surface area contributed by atoms with Crippen LogP contribution in [-0.2, 0) is 4.79 Å². The maximum Gasteiger partial charge on any atom is 0.253 e. The molecule has 1 N–H and O–H groups in total. The highest BCUT2D eigenvalue weighted by Crippen LogP contribution is 2.23. The lowest BCUT2D eigenvalue weighted by molar-refractivity contribution is -0.117. The number of carbonyl (C=O) groups excluding carboxylic acids is 2. The molecule has 2 unspecified atom stereocenters. The Morgan fingerprint density at radius 3 is 2.55 bits per heavy atom. The van der Waals surface area contributed by atoms with Crippen molar-refractivity contribution in [2.75, 3.05) is 24.5 Å². The maximum atomic E-state index is 12.5. The monoisotopic (exact) mass is 302 g/mol. The van der Waals surface area contributed by atoms with Crippen LogP contribution in [0.5, 0.6) is 0 Å². The highest BCUT2D eigenvalue weighted by Gasteiger charge is 2.28. The van der Waals surface area contributed by atoms with E-state index in [9.17, 15) is 14.7 Å². The Bertz CT molecular complexity index is 570. The molecule has 5 heteroatoms. The van der Waals surface area contributed by atoms with Crippen LogP contribution in [0.25, 0.3) is 0 Å². The smallest absolute Gasteiger partial charge is 0.253 e. The summed E-state index contributed by atoms with van der Waals surface area (Å²) < 4.78 is 0. The first-order valence-corrected chi connectivity index (χ1v) is 7.94. The molecule has 0 saturated carbocycles. The Hall–Kier alpha value is -1.88. The second-order valence-electron chi connectivity index (χ2n) is 6.28. The van der Waals surface area contributed by atoms with E-state index in [0.717, 1.165) is 25.1 Å². The van der Waals surface area contributed by atoms with Crippen molar-refractivity contribution in [2.24, 2.45) is 5.92 Å². The summed E-state index contributed by atoms with van der Waals surface area (Å²) in [6.45, 7) is 3.84. The molecule has 0 bridgehead atoms.